The number of pyridine rings is 1. The summed E-state index contributed by atoms with van der Waals surface area (Å²) < 4.78 is 11.7. The first-order chi connectivity index (χ1) is 14.2. The largest absolute Gasteiger partial charge is 0.490 e. The SMILES string of the molecule is CN=C(NCc1cccc2c1OCCCO2)NC1CCN(c2ncccc2Cl)C1.I. The standard InChI is InChI=1S/C21H26ClN5O2.HI/c1-23-21(25-13-15-5-2-7-18-19(15)29-12-4-11-28-18)26-16-8-10-27(14-16)20-17(22)6-3-9-24-20;/h2-3,5-7,9,16H,4,8,10-14H2,1H3,(H2,23,25,26);1H. The van der Waals surface area contributed by atoms with E-state index in [-0.39, 0.29) is 30.0 Å². The van der Waals surface area contributed by atoms with Crippen LogP contribution < -0.4 is 25.0 Å². The first-order valence-electron chi connectivity index (χ1n) is 9.94. The molecule has 1 saturated heterocycles. The Morgan fingerprint density at radius 1 is 1.27 bits per heavy atom. The van der Waals surface area contributed by atoms with Crippen LogP contribution in [-0.2, 0) is 6.54 Å². The van der Waals surface area contributed by atoms with Gasteiger partial charge in [-0.05, 0) is 24.6 Å². The second-order valence-corrected chi connectivity index (χ2v) is 7.51. The molecule has 2 aliphatic rings. The molecule has 2 aromatic rings. The second-order valence-electron chi connectivity index (χ2n) is 7.11. The summed E-state index contributed by atoms with van der Waals surface area (Å²) in [5.41, 5.74) is 1.06. The van der Waals surface area contributed by atoms with E-state index < -0.39 is 0 Å². The maximum absolute atomic E-state index is 6.29. The summed E-state index contributed by atoms with van der Waals surface area (Å²) in [7, 11) is 1.78. The van der Waals surface area contributed by atoms with Gasteiger partial charge in [0.1, 0.15) is 5.82 Å². The van der Waals surface area contributed by atoms with Gasteiger partial charge in [-0.15, -0.1) is 24.0 Å². The molecule has 2 aliphatic heterocycles. The normalized spacial score (nSPS) is 18.4. The van der Waals surface area contributed by atoms with Crippen LogP contribution in [0.2, 0.25) is 5.02 Å². The van der Waals surface area contributed by atoms with Crippen LogP contribution in [0.15, 0.2) is 41.5 Å². The third kappa shape index (κ3) is 5.40. The van der Waals surface area contributed by atoms with Gasteiger partial charge in [-0.2, -0.15) is 0 Å². The molecular formula is C21H27ClIN5O2. The van der Waals surface area contributed by atoms with Gasteiger partial charge >= 0.3 is 0 Å². The number of fused-ring (bicyclic) bond motifs is 1. The van der Waals surface area contributed by atoms with Crippen LogP contribution in [0.5, 0.6) is 11.5 Å². The molecule has 0 aliphatic carbocycles. The van der Waals surface area contributed by atoms with Crippen molar-refractivity contribution in [3.8, 4) is 11.5 Å². The molecule has 1 aromatic carbocycles. The first-order valence-corrected chi connectivity index (χ1v) is 10.3. The number of ether oxygens (including phenoxy) is 2. The number of hydrogen-bond donors (Lipinski definition) is 2. The molecule has 162 valence electrons. The molecule has 1 atom stereocenters. The van der Waals surface area contributed by atoms with E-state index in [1.165, 1.54) is 0 Å². The average Bonchev–Trinajstić information content (AvgIpc) is 3.06. The van der Waals surface area contributed by atoms with Gasteiger partial charge < -0.3 is 25.0 Å². The lowest BCUT2D eigenvalue weighted by Gasteiger charge is -2.20. The van der Waals surface area contributed by atoms with Crippen LogP contribution in [0, 0.1) is 0 Å². The third-order valence-corrected chi connectivity index (χ3v) is 5.39. The van der Waals surface area contributed by atoms with Crippen LogP contribution in [-0.4, -0.2) is 50.3 Å². The molecule has 0 spiro atoms. The predicted molar refractivity (Wildman–Crippen MR) is 131 cm³/mol. The molecule has 1 aromatic heterocycles. The van der Waals surface area contributed by atoms with Crippen molar-refractivity contribution in [2.24, 2.45) is 4.99 Å². The molecule has 7 nitrogen and oxygen atoms in total. The van der Waals surface area contributed by atoms with E-state index in [9.17, 15) is 0 Å². The van der Waals surface area contributed by atoms with Crippen LogP contribution in [0.1, 0.15) is 18.4 Å². The lowest BCUT2D eigenvalue weighted by atomic mass is 10.2. The first kappa shape index (κ1) is 22.7. The van der Waals surface area contributed by atoms with Crippen LogP contribution in [0.4, 0.5) is 5.82 Å². The van der Waals surface area contributed by atoms with Gasteiger partial charge in [0.05, 0.1) is 18.2 Å². The number of anilines is 1. The predicted octanol–water partition coefficient (Wildman–Crippen LogP) is 3.46. The average molecular weight is 544 g/mol. The van der Waals surface area contributed by atoms with Crippen LogP contribution in [0.3, 0.4) is 0 Å². The highest BCUT2D eigenvalue weighted by molar-refractivity contribution is 14.0. The van der Waals surface area contributed by atoms with Crippen molar-refractivity contribution in [3.05, 3.63) is 47.1 Å². The molecule has 4 rings (SSSR count). The summed E-state index contributed by atoms with van der Waals surface area (Å²) in [6.07, 6.45) is 3.66. The monoisotopic (exact) mass is 543 g/mol. The molecule has 0 amide bonds. The number of para-hydroxylation sites is 1. The Bertz CT molecular complexity index is 882. The van der Waals surface area contributed by atoms with Crippen molar-refractivity contribution in [3.63, 3.8) is 0 Å². The highest BCUT2D eigenvalue weighted by Gasteiger charge is 2.25. The minimum Gasteiger partial charge on any atom is -0.490 e. The van der Waals surface area contributed by atoms with E-state index in [1.807, 2.05) is 30.3 Å². The lowest BCUT2D eigenvalue weighted by molar-refractivity contribution is 0.296. The molecular weight excluding hydrogens is 517 g/mol. The van der Waals surface area contributed by atoms with E-state index in [0.717, 1.165) is 54.8 Å². The van der Waals surface area contributed by atoms with Gasteiger partial charge in [0, 0.05) is 50.9 Å². The molecule has 2 N–H and O–H groups in total. The minimum atomic E-state index is 0. The Morgan fingerprint density at radius 3 is 2.97 bits per heavy atom. The number of benzene rings is 1. The van der Waals surface area contributed by atoms with Crippen molar-refractivity contribution in [2.75, 3.05) is 38.3 Å². The minimum absolute atomic E-state index is 0. The van der Waals surface area contributed by atoms with E-state index in [4.69, 9.17) is 21.1 Å². The lowest BCUT2D eigenvalue weighted by Crippen LogP contribution is -2.44. The Balaban J connectivity index is 0.00000256. The Morgan fingerprint density at radius 2 is 2.13 bits per heavy atom. The maximum Gasteiger partial charge on any atom is 0.191 e. The van der Waals surface area contributed by atoms with E-state index in [2.05, 4.69) is 25.5 Å². The number of guanidine groups is 1. The number of aromatic nitrogens is 1. The van der Waals surface area contributed by atoms with E-state index in [1.54, 1.807) is 13.2 Å². The zero-order valence-corrected chi connectivity index (χ0v) is 20.0. The number of halogens is 2. The molecule has 0 bridgehead atoms. The number of aliphatic imine (C=N–C) groups is 1. The van der Waals surface area contributed by atoms with Crippen LogP contribution >= 0.6 is 35.6 Å². The molecule has 0 saturated carbocycles. The second kappa shape index (κ2) is 10.9. The summed E-state index contributed by atoms with van der Waals surface area (Å²) in [4.78, 5) is 11.0. The van der Waals surface area contributed by atoms with Gasteiger partial charge in [0.15, 0.2) is 17.5 Å². The summed E-state index contributed by atoms with van der Waals surface area (Å²) in [5, 5.41) is 7.58. The van der Waals surface area contributed by atoms with Crippen molar-refractivity contribution in [1.29, 1.82) is 0 Å². The van der Waals surface area contributed by atoms with E-state index >= 15 is 0 Å². The summed E-state index contributed by atoms with van der Waals surface area (Å²) in [6, 6.07) is 9.99. The maximum atomic E-state index is 6.29. The summed E-state index contributed by atoms with van der Waals surface area (Å²) in [6.45, 7) is 3.70. The fraction of sp³-hybridized carbons (Fsp3) is 0.429. The molecule has 0 radical (unpaired) electrons. The number of hydrogen-bond acceptors (Lipinski definition) is 5. The van der Waals surface area contributed by atoms with Crippen molar-refractivity contribution >= 4 is 47.4 Å². The molecule has 1 fully saturated rings. The fourth-order valence-corrected chi connectivity index (χ4v) is 3.88. The molecule has 9 heteroatoms. The van der Waals surface area contributed by atoms with Crippen molar-refractivity contribution < 1.29 is 9.47 Å². The number of nitrogens with zero attached hydrogens (tertiary/aromatic N) is 3. The van der Waals surface area contributed by atoms with Gasteiger partial charge in [0.25, 0.3) is 0 Å². The fourth-order valence-electron chi connectivity index (χ4n) is 3.64. The molecule has 1 unspecified atom stereocenters. The smallest absolute Gasteiger partial charge is 0.191 e. The van der Waals surface area contributed by atoms with Crippen molar-refractivity contribution in [1.82, 2.24) is 15.6 Å². The summed E-state index contributed by atoms with van der Waals surface area (Å²) >= 11 is 6.29. The van der Waals surface area contributed by atoms with E-state index in [0.29, 0.717) is 24.8 Å². The van der Waals surface area contributed by atoms with Gasteiger partial charge in [-0.25, -0.2) is 4.98 Å². The van der Waals surface area contributed by atoms with Gasteiger partial charge in [-0.3, -0.25) is 4.99 Å². The third-order valence-electron chi connectivity index (χ3n) is 5.09. The van der Waals surface area contributed by atoms with Crippen molar-refractivity contribution in [2.45, 2.75) is 25.4 Å². The topological polar surface area (TPSA) is 71.0 Å². The zero-order valence-electron chi connectivity index (χ0n) is 16.9. The molecule has 30 heavy (non-hydrogen) atoms. The zero-order chi connectivity index (χ0) is 20.1. The number of rotatable bonds is 4. The summed E-state index contributed by atoms with van der Waals surface area (Å²) in [5.74, 6) is 3.23. The Hall–Kier alpha value is -1.94. The molecule has 3 heterocycles. The Labute approximate surface area is 199 Å². The Kier molecular flexibility index (Phi) is 8.26. The quantitative estimate of drug-likeness (QED) is 0.350. The highest BCUT2D eigenvalue weighted by Crippen LogP contribution is 2.33. The highest BCUT2D eigenvalue weighted by atomic mass is 127. The van der Waals surface area contributed by atoms with Gasteiger partial charge in [0.2, 0.25) is 0 Å². The van der Waals surface area contributed by atoms with Gasteiger partial charge in [-0.1, -0.05) is 23.7 Å². The number of nitrogens with one attached hydrogen (secondary N) is 2. The van der Waals surface area contributed by atoms with Crippen LogP contribution in [0.25, 0.3) is 0 Å².